The van der Waals surface area contributed by atoms with E-state index in [4.69, 9.17) is 0 Å². The zero-order valence-electron chi connectivity index (χ0n) is 22.6. The van der Waals surface area contributed by atoms with E-state index in [9.17, 15) is 19.3 Å². The van der Waals surface area contributed by atoms with Crippen molar-refractivity contribution in [2.24, 2.45) is 10.8 Å². The number of hydrogen-bond donors (Lipinski definition) is 2. The number of rotatable bonds is 15. The standard InChI is InChI=1S/C28H54O4S2/c1-27(2,21-29)19-7-5-11-23-13-9-15-25(33(23)31)17-18-26-16-10-14-24(34(26)32)12-6-8-20-28(3,4)22-30/h23-26,29-30H,5-22H2,1-4H3. The van der Waals surface area contributed by atoms with Gasteiger partial charge < -0.3 is 19.3 Å². The number of aliphatic hydroxyl groups is 2. The van der Waals surface area contributed by atoms with Gasteiger partial charge in [0.15, 0.2) is 0 Å². The molecule has 202 valence electrons. The third-order valence-electron chi connectivity index (χ3n) is 8.34. The van der Waals surface area contributed by atoms with Crippen molar-refractivity contribution in [2.45, 2.75) is 151 Å². The molecule has 34 heavy (non-hydrogen) atoms. The highest BCUT2D eigenvalue weighted by Crippen LogP contribution is 2.36. The maximum atomic E-state index is 13.2. The molecule has 4 nitrogen and oxygen atoms in total. The Morgan fingerprint density at radius 1 is 0.588 bits per heavy atom. The quantitative estimate of drug-likeness (QED) is 0.198. The molecule has 2 fully saturated rings. The van der Waals surface area contributed by atoms with Crippen molar-refractivity contribution in [1.82, 2.24) is 0 Å². The van der Waals surface area contributed by atoms with Crippen LogP contribution in [0.5, 0.6) is 0 Å². The second kappa shape index (κ2) is 15.1. The van der Waals surface area contributed by atoms with Gasteiger partial charge in [-0.3, -0.25) is 0 Å². The normalized spacial score (nSPS) is 31.1. The van der Waals surface area contributed by atoms with E-state index in [1.54, 1.807) is 0 Å². The van der Waals surface area contributed by atoms with Crippen molar-refractivity contribution in [2.75, 3.05) is 13.2 Å². The molecule has 0 aromatic carbocycles. The van der Waals surface area contributed by atoms with Gasteiger partial charge in [-0.1, -0.05) is 40.5 Å². The van der Waals surface area contributed by atoms with Crippen LogP contribution in [-0.2, 0) is 22.4 Å². The zero-order chi connectivity index (χ0) is 25.2. The summed E-state index contributed by atoms with van der Waals surface area (Å²) in [5, 5.41) is 20.1. The molecular formula is C28H54O4S2. The molecule has 0 amide bonds. The molecule has 2 rings (SSSR count). The van der Waals surface area contributed by atoms with E-state index in [-0.39, 0.29) is 24.0 Å². The minimum Gasteiger partial charge on any atom is -0.616 e. The summed E-state index contributed by atoms with van der Waals surface area (Å²) in [6, 6.07) is 0. The minimum absolute atomic E-state index is 0.00221. The van der Waals surface area contributed by atoms with E-state index in [2.05, 4.69) is 27.7 Å². The Morgan fingerprint density at radius 2 is 0.912 bits per heavy atom. The van der Waals surface area contributed by atoms with Gasteiger partial charge in [-0.25, -0.2) is 0 Å². The summed E-state index contributed by atoms with van der Waals surface area (Å²) in [5.41, 5.74) is -0.00442. The minimum atomic E-state index is -0.751. The average molecular weight is 519 g/mol. The van der Waals surface area contributed by atoms with Crippen molar-refractivity contribution in [1.29, 1.82) is 0 Å². The van der Waals surface area contributed by atoms with Gasteiger partial charge in [0.25, 0.3) is 0 Å². The van der Waals surface area contributed by atoms with E-state index in [1.165, 1.54) is 12.8 Å². The maximum absolute atomic E-state index is 13.2. The van der Waals surface area contributed by atoms with Gasteiger partial charge in [0.2, 0.25) is 0 Å². The SMILES string of the molecule is CC(C)(CO)CCCCC1CCCC(CCC2CCCC(CCCCC(C)(C)CO)[S+]2[O-])[S+]1[O-]. The fourth-order valence-corrected chi connectivity index (χ4v) is 9.90. The lowest BCUT2D eigenvalue weighted by atomic mass is 9.88. The first-order chi connectivity index (χ1) is 16.1. The first-order valence-electron chi connectivity index (χ1n) is 14.1. The lowest BCUT2D eigenvalue weighted by molar-refractivity contribution is 0.147. The number of aliphatic hydroxyl groups excluding tert-OH is 2. The summed E-state index contributed by atoms with van der Waals surface area (Å²) in [6.45, 7) is 8.91. The highest BCUT2D eigenvalue weighted by molar-refractivity contribution is 7.93. The number of hydrogen-bond acceptors (Lipinski definition) is 4. The second-order valence-corrected chi connectivity index (χ2v) is 16.7. The van der Waals surface area contributed by atoms with Gasteiger partial charge in [0.1, 0.15) is 21.0 Å². The molecule has 6 unspecified atom stereocenters. The Hall–Kier alpha value is 0.540. The van der Waals surface area contributed by atoms with Crippen LogP contribution >= 0.6 is 0 Å². The Balaban J connectivity index is 1.71. The fourth-order valence-electron chi connectivity index (χ4n) is 5.68. The monoisotopic (exact) mass is 518 g/mol. The van der Waals surface area contributed by atoms with Crippen molar-refractivity contribution in [3.63, 3.8) is 0 Å². The van der Waals surface area contributed by atoms with Gasteiger partial charge in [-0.05, 0) is 123 Å². The van der Waals surface area contributed by atoms with Crippen molar-refractivity contribution >= 4 is 22.4 Å². The predicted octanol–water partition coefficient (Wildman–Crippen LogP) is 6.26. The molecule has 6 heteroatoms. The summed E-state index contributed by atoms with van der Waals surface area (Å²) < 4.78 is 26.5. The molecule has 6 atom stereocenters. The van der Waals surface area contributed by atoms with Crippen LogP contribution in [0, 0.1) is 10.8 Å². The first kappa shape index (κ1) is 30.8. The molecule has 0 aliphatic carbocycles. The molecule has 2 saturated heterocycles. The maximum Gasteiger partial charge on any atom is 0.116 e. The molecular weight excluding hydrogens is 464 g/mol. The summed E-state index contributed by atoms with van der Waals surface area (Å²) in [7, 11) is 0. The van der Waals surface area contributed by atoms with Crippen LogP contribution < -0.4 is 0 Å². The molecule has 2 heterocycles. The summed E-state index contributed by atoms with van der Waals surface area (Å²) in [6.07, 6.45) is 17.2. The molecule has 0 spiro atoms. The Morgan fingerprint density at radius 3 is 1.24 bits per heavy atom. The Labute approximate surface area is 216 Å². The van der Waals surface area contributed by atoms with Crippen LogP contribution in [0.1, 0.15) is 130 Å². The van der Waals surface area contributed by atoms with E-state index in [1.807, 2.05) is 0 Å². The van der Waals surface area contributed by atoms with Crippen LogP contribution in [0.25, 0.3) is 0 Å². The van der Waals surface area contributed by atoms with Crippen molar-refractivity contribution < 1.29 is 19.3 Å². The van der Waals surface area contributed by atoms with E-state index >= 15 is 0 Å². The fraction of sp³-hybridized carbons (Fsp3) is 1.00. The molecule has 2 aliphatic heterocycles. The van der Waals surface area contributed by atoms with Crippen molar-refractivity contribution in [3.05, 3.63) is 0 Å². The molecule has 0 bridgehead atoms. The summed E-state index contributed by atoms with van der Waals surface area (Å²) >= 11 is -1.50. The largest absolute Gasteiger partial charge is 0.616 e. The zero-order valence-corrected chi connectivity index (χ0v) is 24.2. The third-order valence-corrected chi connectivity index (χ3v) is 12.9. The van der Waals surface area contributed by atoms with Gasteiger partial charge in [-0.2, -0.15) is 0 Å². The summed E-state index contributed by atoms with van der Waals surface area (Å²) in [4.78, 5) is 0. The second-order valence-electron chi connectivity index (χ2n) is 12.7. The van der Waals surface area contributed by atoms with Crippen LogP contribution in [-0.4, -0.2) is 53.5 Å². The first-order valence-corrected chi connectivity index (χ1v) is 16.6. The molecule has 0 aromatic rings. The highest BCUT2D eigenvalue weighted by atomic mass is 32.2. The van der Waals surface area contributed by atoms with Crippen LogP contribution in [0.15, 0.2) is 0 Å². The van der Waals surface area contributed by atoms with Crippen LogP contribution in [0.2, 0.25) is 0 Å². The smallest absolute Gasteiger partial charge is 0.116 e. The predicted molar refractivity (Wildman–Crippen MR) is 147 cm³/mol. The molecule has 0 radical (unpaired) electrons. The molecule has 2 N–H and O–H groups in total. The molecule has 2 aliphatic rings. The molecule has 0 saturated carbocycles. The van der Waals surface area contributed by atoms with Gasteiger partial charge in [-0.15, -0.1) is 0 Å². The Bertz CT molecular complexity index is 509. The topological polar surface area (TPSA) is 86.6 Å². The van der Waals surface area contributed by atoms with E-state index < -0.39 is 22.4 Å². The van der Waals surface area contributed by atoms with Gasteiger partial charge >= 0.3 is 0 Å². The number of unbranched alkanes of at least 4 members (excludes halogenated alkanes) is 2. The van der Waals surface area contributed by atoms with Gasteiger partial charge in [0.05, 0.1) is 0 Å². The lowest BCUT2D eigenvalue weighted by Crippen LogP contribution is -2.40. The van der Waals surface area contributed by atoms with Crippen LogP contribution in [0.4, 0.5) is 0 Å². The highest BCUT2D eigenvalue weighted by Gasteiger charge is 2.39. The lowest BCUT2D eigenvalue weighted by Gasteiger charge is -2.36. The van der Waals surface area contributed by atoms with Crippen LogP contribution in [0.3, 0.4) is 0 Å². The average Bonchev–Trinajstić information content (AvgIpc) is 2.81. The van der Waals surface area contributed by atoms with Crippen molar-refractivity contribution in [3.8, 4) is 0 Å². The molecule has 0 aromatic heterocycles. The third kappa shape index (κ3) is 10.5. The summed E-state index contributed by atoms with van der Waals surface area (Å²) in [5.74, 6) is 0. The van der Waals surface area contributed by atoms with Gasteiger partial charge in [0, 0.05) is 13.2 Å². The van der Waals surface area contributed by atoms with E-state index in [0.717, 1.165) is 89.9 Å². The van der Waals surface area contributed by atoms with E-state index in [0.29, 0.717) is 21.0 Å². The Kier molecular flexibility index (Phi) is 13.6.